The van der Waals surface area contributed by atoms with Crippen LogP contribution in [0.3, 0.4) is 0 Å². The molecule has 1 N–H and O–H groups in total. The molecule has 2 aromatic rings. The molecule has 0 radical (unpaired) electrons. The molecule has 0 aromatic carbocycles. The summed E-state index contributed by atoms with van der Waals surface area (Å²) in [7, 11) is 0. The van der Waals surface area contributed by atoms with Crippen LogP contribution in [0.5, 0.6) is 0 Å². The number of carbonyl (C=O) groups excluding carboxylic acids is 1. The number of aromatic nitrogens is 3. The number of nitrogens with zero attached hydrogens (tertiary/aromatic N) is 4. The number of hydrogen-bond acceptors (Lipinski definition) is 6. The lowest BCUT2D eigenvalue weighted by molar-refractivity contribution is -0.759. The highest BCUT2D eigenvalue weighted by molar-refractivity contribution is 8.00. The molecule has 0 bridgehead atoms. The van der Waals surface area contributed by atoms with Crippen molar-refractivity contribution >= 4 is 23.6 Å². The van der Waals surface area contributed by atoms with Crippen molar-refractivity contribution in [2.75, 3.05) is 11.1 Å². The van der Waals surface area contributed by atoms with Gasteiger partial charge in [-0.2, -0.15) is 5.26 Å². The van der Waals surface area contributed by atoms with Crippen LogP contribution in [0.2, 0.25) is 0 Å². The van der Waals surface area contributed by atoms with Gasteiger partial charge in [-0.1, -0.05) is 29.3 Å². The predicted molar refractivity (Wildman–Crippen MR) is 96.6 cm³/mol. The van der Waals surface area contributed by atoms with E-state index in [2.05, 4.69) is 16.7 Å². The van der Waals surface area contributed by atoms with Gasteiger partial charge in [-0.25, -0.2) is 4.98 Å². The van der Waals surface area contributed by atoms with Gasteiger partial charge < -0.3 is 0 Å². The van der Waals surface area contributed by atoms with E-state index in [1.807, 2.05) is 13.0 Å². The molecule has 136 valence electrons. The summed E-state index contributed by atoms with van der Waals surface area (Å²) in [5.41, 5.74) is 2.80. The Morgan fingerprint density at radius 1 is 1.38 bits per heavy atom. The monoisotopic (exact) mass is 372 g/mol. The van der Waals surface area contributed by atoms with Gasteiger partial charge in [0.25, 0.3) is 6.20 Å². The molecule has 0 atom stereocenters. The minimum absolute atomic E-state index is 0.160. The maximum atomic E-state index is 12.1. The van der Waals surface area contributed by atoms with E-state index in [4.69, 9.17) is 9.51 Å². The van der Waals surface area contributed by atoms with Crippen molar-refractivity contribution < 1.29 is 14.0 Å². The van der Waals surface area contributed by atoms with Crippen LogP contribution in [0.1, 0.15) is 49.4 Å². The molecule has 0 aliphatic heterocycles. The molecule has 0 fully saturated rings. The SMILES string of the molecule is CC[n+]1cc(NC(=O)CSc2nc3c(cc2C#N)CCCCCC3)on1. The minimum atomic E-state index is -0.216. The molecule has 3 rings (SSSR count). The highest BCUT2D eigenvalue weighted by Gasteiger charge is 2.17. The van der Waals surface area contributed by atoms with Crippen LogP contribution in [0, 0.1) is 11.3 Å². The van der Waals surface area contributed by atoms with Crippen molar-refractivity contribution in [1.82, 2.24) is 10.3 Å². The molecule has 2 aromatic heterocycles. The second-order valence-corrected chi connectivity index (χ2v) is 7.20. The number of carbonyl (C=O) groups is 1. The molecule has 0 spiro atoms. The quantitative estimate of drug-likeness (QED) is 0.640. The van der Waals surface area contributed by atoms with E-state index in [9.17, 15) is 10.1 Å². The first kappa shape index (κ1) is 18.4. The normalized spacial score (nSPS) is 14.0. The van der Waals surface area contributed by atoms with Crippen LogP contribution in [0.15, 0.2) is 21.8 Å². The Morgan fingerprint density at radius 3 is 2.92 bits per heavy atom. The number of hydrogen-bond donors (Lipinski definition) is 1. The molecule has 7 nitrogen and oxygen atoms in total. The largest absolute Gasteiger partial charge is 0.302 e. The van der Waals surface area contributed by atoms with Gasteiger partial charge in [0.2, 0.25) is 11.2 Å². The molecule has 0 saturated carbocycles. The van der Waals surface area contributed by atoms with Crippen LogP contribution in [-0.4, -0.2) is 21.9 Å². The average Bonchev–Trinajstić information content (AvgIpc) is 3.08. The third kappa shape index (κ3) is 4.61. The second-order valence-electron chi connectivity index (χ2n) is 6.23. The van der Waals surface area contributed by atoms with Gasteiger partial charge >= 0.3 is 5.88 Å². The van der Waals surface area contributed by atoms with E-state index in [0.717, 1.165) is 31.4 Å². The Hall–Kier alpha value is -2.40. The molecule has 8 heteroatoms. The fraction of sp³-hybridized carbons (Fsp3) is 0.500. The smallest absolute Gasteiger partial charge is 0.288 e. The van der Waals surface area contributed by atoms with Crippen LogP contribution in [0.25, 0.3) is 0 Å². The van der Waals surface area contributed by atoms with E-state index < -0.39 is 0 Å². The minimum Gasteiger partial charge on any atom is -0.288 e. The zero-order valence-corrected chi connectivity index (χ0v) is 15.6. The molecule has 1 aliphatic rings. The Bertz CT molecular complexity index is 827. The molecule has 2 heterocycles. The van der Waals surface area contributed by atoms with Crippen molar-refractivity contribution in [3.05, 3.63) is 29.1 Å². The average molecular weight is 372 g/mol. The second kappa shape index (κ2) is 8.81. The third-order valence-corrected chi connectivity index (χ3v) is 5.31. The Kier molecular flexibility index (Phi) is 6.23. The van der Waals surface area contributed by atoms with E-state index in [1.165, 1.54) is 30.2 Å². The maximum absolute atomic E-state index is 12.1. The Labute approximate surface area is 156 Å². The number of nitriles is 1. The van der Waals surface area contributed by atoms with Crippen molar-refractivity contribution in [2.45, 2.75) is 57.0 Å². The van der Waals surface area contributed by atoms with E-state index >= 15 is 0 Å². The van der Waals surface area contributed by atoms with Crippen molar-refractivity contribution in [1.29, 1.82) is 5.26 Å². The number of aryl methyl sites for hydroxylation is 3. The highest BCUT2D eigenvalue weighted by atomic mass is 32.2. The highest BCUT2D eigenvalue weighted by Crippen LogP contribution is 2.26. The van der Waals surface area contributed by atoms with Gasteiger partial charge in [-0.15, -0.1) is 0 Å². The zero-order valence-electron chi connectivity index (χ0n) is 14.8. The number of rotatable bonds is 5. The number of nitrogens with one attached hydrogen (secondary N) is 1. The summed E-state index contributed by atoms with van der Waals surface area (Å²) in [6, 6.07) is 4.17. The summed E-state index contributed by atoms with van der Waals surface area (Å²) < 4.78 is 6.62. The number of pyridine rings is 1. The molecular formula is C18H22N5O2S+. The molecule has 0 unspecified atom stereocenters. The lowest BCUT2D eigenvalue weighted by atomic mass is 9.96. The van der Waals surface area contributed by atoms with Crippen LogP contribution in [-0.2, 0) is 24.2 Å². The summed E-state index contributed by atoms with van der Waals surface area (Å²) in [5.74, 6) is 0.253. The van der Waals surface area contributed by atoms with Gasteiger partial charge in [0.15, 0.2) is 6.54 Å². The van der Waals surface area contributed by atoms with Gasteiger partial charge in [0.1, 0.15) is 11.1 Å². The standard InChI is InChI=1S/C18H21N5O2S/c1-2-23-11-17(25-22-23)21-16(24)12-26-18-14(10-19)9-13-7-5-3-4-6-8-15(13)20-18/h9,11H,2-8,12H2,1H3/p+1. The topological polar surface area (TPSA) is 95.7 Å². The number of thioether (sulfide) groups is 1. The van der Waals surface area contributed by atoms with E-state index in [0.29, 0.717) is 23.0 Å². The van der Waals surface area contributed by atoms with Crippen molar-refractivity contribution in [3.8, 4) is 6.07 Å². The first-order valence-electron chi connectivity index (χ1n) is 8.91. The number of anilines is 1. The third-order valence-electron chi connectivity index (χ3n) is 4.32. The number of fused-ring (bicyclic) bond motifs is 1. The molecule has 1 aliphatic carbocycles. The Balaban J connectivity index is 1.67. The van der Waals surface area contributed by atoms with Gasteiger partial charge in [0, 0.05) is 5.69 Å². The van der Waals surface area contributed by atoms with Gasteiger partial charge in [0.05, 0.1) is 11.3 Å². The molecule has 1 amide bonds. The summed E-state index contributed by atoms with van der Waals surface area (Å²) in [5, 5.41) is 16.5. The number of amides is 1. The first-order valence-corrected chi connectivity index (χ1v) is 9.90. The maximum Gasteiger partial charge on any atom is 0.302 e. The fourth-order valence-corrected chi connectivity index (χ4v) is 3.72. The molecule has 26 heavy (non-hydrogen) atoms. The first-order chi connectivity index (χ1) is 12.7. The summed E-state index contributed by atoms with van der Waals surface area (Å²) in [6.07, 6.45) is 8.27. The van der Waals surface area contributed by atoms with E-state index in [1.54, 1.807) is 10.9 Å². The molecule has 0 saturated heterocycles. The van der Waals surface area contributed by atoms with E-state index in [-0.39, 0.29) is 11.7 Å². The zero-order chi connectivity index (χ0) is 18.4. The summed E-state index contributed by atoms with van der Waals surface area (Å²) in [6.45, 7) is 2.60. The lowest BCUT2D eigenvalue weighted by Gasteiger charge is -2.15. The predicted octanol–water partition coefficient (Wildman–Crippen LogP) is 2.64. The van der Waals surface area contributed by atoms with Crippen LogP contribution in [0.4, 0.5) is 5.88 Å². The van der Waals surface area contributed by atoms with Gasteiger partial charge in [-0.05, 0) is 44.2 Å². The molecular weight excluding hydrogens is 350 g/mol. The lowest BCUT2D eigenvalue weighted by Crippen LogP contribution is -2.32. The van der Waals surface area contributed by atoms with Crippen LogP contribution < -0.4 is 10.00 Å². The van der Waals surface area contributed by atoms with Crippen molar-refractivity contribution in [3.63, 3.8) is 0 Å². The fourth-order valence-electron chi connectivity index (χ4n) is 2.95. The van der Waals surface area contributed by atoms with Crippen molar-refractivity contribution in [2.24, 2.45) is 0 Å². The summed E-state index contributed by atoms with van der Waals surface area (Å²) in [4.78, 5) is 16.8. The summed E-state index contributed by atoms with van der Waals surface area (Å²) >= 11 is 1.28. The Morgan fingerprint density at radius 2 is 2.19 bits per heavy atom. The van der Waals surface area contributed by atoms with Crippen LogP contribution >= 0.6 is 11.8 Å². The van der Waals surface area contributed by atoms with Gasteiger partial charge in [-0.3, -0.25) is 14.6 Å².